The number of nitrogens with zero attached hydrogens (tertiary/aromatic N) is 4. The first kappa shape index (κ1) is 16.0. The van der Waals surface area contributed by atoms with E-state index in [4.69, 9.17) is 10.9 Å². The first-order valence-corrected chi connectivity index (χ1v) is 5.92. The van der Waals surface area contributed by atoms with Crippen molar-refractivity contribution in [1.82, 2.24) is 9.97 Å². The molecular formula is C11H16F3N5O. The minimum atomic E-state index is -4.36. The van der Waals surface area contributed by atoms with Crippen LogP contribution in [0.1, 0.15) is 24.7 Å². The van der Waals surface area contributed by atoms with Gasteiger partial charge >= 0.3 is 6.18 Å². The van der Waals surface area contributed by atoms with E-state index >= 15 is 0 Å². The van der Waals surface area contributed by atoms with Crippen LogP contribution in [0, 0.1) is 6.92 Å². The Hall–Kier alpha value is -2.06. The SMILES string of the molecule is CCCN(CC(F)(F)F)c1nc(C)cc(/C(N)=N/O)n1. The van der Waals surface area contributed by atoms with Gasteiger partial charge in [0.25, 0.3) is 0 Å². The largest absolute Gasteiger partial charge is 0.409 e. The average Bonchev–Trinajstić information content (AvgIpc) is 2.35. The molecule has 6 nitrogen and oxygen atoms in total. The van der Waals surface area contributed by atoms with Gasteiger partial charge in [0.1, 0.15) is 12.2 Å². The summed E-state index contributed by atoms with van der Waals surface area (Å²) < 4.78 is 37.7. The van der Waals surface area contributed by atoms with E-state index in [-0.39, 0.29) is 24.0 Å². The summed E-state index contributed by atoms with van der Waals surface area (Å²) in [6.07, 6.45) is -3.86. The Morgan fingerprint density at radius 1 is 1.45 bits per heavy atom. The molecule has 20 heavy (non-hydrogen) atoms. The molecule has 0 amide bonds. The van der Waals surface area contributed by atoms with Gasteiger partial charge in [-0.25, -0.2) is 9.97 Å². The van der Waals surface area contributed by atoms with Gasteiger partial charge in [-0.2, -0.15) is 13.2 Å². The number of rotatable bonds is 5. The summed E-state index contributed by atoms with van der Waals surface area (Å²) >= 11 is 0. The van der Waals surface area contributed by atoms with Crippen LogP contribution in [0.25, 0.3) is 0 Å². The van der Waals surface area contributed by atoms with Crippen molar-refractivity contribution in [3.63, 3.8) is 0 Å². The maximum Gasteiger partial charge on any atom is 0.406 e. The number of hydrogen-bond acceptors (Lipinski definition) is 5. The number of amidine groups is 1. The number of alkyl halides is 3. The summed E-state index contributed by atoms with van der Waals surface area (Å²) in [4.78, 5) is 8.90. The molecule has 1 aromatic rings. The van der Waals surface area contributed by atoms with Crippen LogP contribution < -0.4 is 10.6 Å². The van der Waals surface area contributed by atoms with Gasteiger partial charge < -0.3 is 15.8 Å². The zero-order chi connectivity index (χ0) is 15.3. The van der Waals surface area contributed by atoms with Crippen LogP contribution in [0.3, 0.4) is 0 Å². The molecule has 0 aliphatic rings. The number of aryl methyl sites for hydroxylation is 1. The zero-order valence-corrected chi connectivity index (χ0v) is 11.1. The second-order valence-corrected chi connectivity index (χ2v) is 4.22. The lowest BCUT2D eigenvalue weighted by molar-refractivity contribution is -0.119. The molecule has 0 saturated carbocycles. The molecular weight excluding hydrogens is 275 g/mol. The lowest BCUT2D eigenvalue weighted by atomic mass is 10.3. The highest BCUT2D eigenvalue weighted by Crippen LogP contribution is 2.20. The summed E-state index contributed by atoms with van der Waals surface area (Å²) in [6.45, 7) is 2.35. The number of aromatic nitrogens is 2. The van der Waals surface area contributed by atoms with Crippen LogP contribution >= 0.6 is 0 Å². The fourth-order valence-electron chi connectivity index (χ4n) is 1.61. The normalized spacial score (nSPS) is 12.6. The minimum Gasteiger partial charge on any atom is -0.409 e. The molecule has 3 N–H and O–H groups in total. The van der Waals surface area contributed by atoms with Crippen LogP contribution in [0.5, 0.6) is 0 Å². The van der Waals surface area contributed by atoms with E-state index in [1.54, 1.807) is 13.8 Å². The predicted octanol–water partition coefficient (Wildman–Crippen LogP) is 1.66. The second-order valence-electron chi connectivity index (χ2n) is 4.22. The van der Waals surface area contributed by atoms with Crippen LogP contribution in [0.4, 0.5) is 19.1 Å². The first-order chi connectivity index (χ1) is 9.26. The van der Waals surface area contributed by atoms with Crippen LogP contribution in [0.2, 0.25) is 0 Å². The van der Waals surface area contributed by atoms with E-state index in [0.29, 0.717) is 12.1 Å². The van der Waals surface area contributed by atoms with E-state index in [0.717, 1.165) is 4.90 Å². The van der Waals surface area contributed by atoms with E-state index in [9.17, 15) is 13.2 Å². The van der Waals surface area contributed by atoms with Gasteiger partial charge in [-0.15, -0.1) is 0 Å². The number of oxime groups is 1. The molecule has 112 valence electrons. The lowest BCUT2D eigenvalue weighted by Gasteiger charge is -2.23. The topological polar surface area (TPSA) is 87.6 Å². The Bertz CT molecular complexity index is 489. The quantitative estimate of drug-likeness (QED) is 0.373. The summed E-state index contributed by atoms with van der Waals surface area (Å²) in [5, 5.41) is 11.4. The Morgan fingerprint density at radius 2 is 2.10 bits per heavy atom. The van der Waals surface area contributed by atoms with Crippen molar-refractivity contribution in [2.45, 2.75) is 26.4 Å². The molecule has 0 aliphatic heterocycles. The third kappa shape index (κ3) is 4.56. The molecule has 1 aromatic heterocycles. The van der Waals surface area contributed by atoms with Gasteiger partial charge in [-0.3, -0.25) is 0 Å². The van der Waals surface area contributed by atoms with Crippen molar-refractivity contribution in [2.24, 2.45) is 10.9 Å². The first-order valence-electron chi connectivity index (χ1n) is 5.92. The third-order valence-electron chi connectivity index (χ3n) is 2.36. The van der Waals surface area contributed by atoms with Crippen molar-refractivity contribution in [3.05, 3.63) is 17.5 Å². The smallest absolute Gasteiger partial charge is 0.406 e. The highest BCUT2D eigenvalue weighted by atomic mass is 19.4. The molecule has 9 heteroatoms. The lowest BCUT2D eigenvalue weighted by Crippen LogP contribution is -2.36. The summed E-state index contributed by atoms with van der Waals surface area (Å²) in [6, 6.07) is 1.43. The molecule has 0 saturated heterocycles. The number of halogens is 3. The molecule has 0 fully saturated rings. The molecule has 0 atom stereocenters. The highest BCUT2D eigenvalue weighted by Gasteiger charge is 2.31. The van der Waals surface area contributed by atoms with E-state index in [1.807, 2.05) is 0 Å². The highest BCUT2D eigenvalue weighted by molar-refractivity contribution is 5.95. The van der Waals surface area contributed by atoms with Crippen molar-refractivity contribution in [2.75, 3.05) is 18.0 Å². The molecule has 0 radical (unpaired) electrons. The molecule has 0 aliphatic carbocycles. The van der Waals surface area contributed by atoms with E-state index < -0.39 is 12.7 Å². The molecule has 0 spiro atoms. The summed E-state index contributed by atoms with van der Waals surface area (Å²) in [5.41, 5.74) is 5.91. The molecule has 0 bridgehead atoms. The minimum absolute atomic E-state index is 0.0817. The van der Waals surface area contributed by atoms with Crippen molar-refractivity contribution in [3.8, 4) is 0 Å². The summed E-state index contributed by atoms with van der Waals surface area (Å²) in [7, 11) is 0. The zero-order valence-electron chi connectivity index (χ0n) is 11.1. The Balaban J connectivity index is 3.16. The Morgan fingerprint density at radius 3 is 2.60 bits per heavy atom. The van der Waals surface area contributed by atoms with Crippen molar-refractivity contribution < 1.29 is 18.4 Å². The van der Waals surface area contributed by atoms with Crippen molar-refractivity contribution in [1.29, 1.82) is 0 Å². The van der Waals surface area contributed by atoms with Crippen LogP contribution in [0.15, 0.2) is 11.2 Å². The number of nitrogens with two attached hydrogens (primary N) is 1. The van der Waals surface area contributed by atoms with Gasteiger partial charge in [0.05, 0.1) is 0 Å². The monoisotopic (exact) mass is 291 g/mol. The number of hydrogen-bond donors (Lipinski definition) is 2. The van der Waals surface area contributed by atoms with Gasteiger partial charge in [0, 0.05) is 12.2 Å². The van der Waals surface area contributed by atoms with E-state index in [1.165, 1.54) is 6.07 Å². The molecule has 0 aromatic carbocycles. The molecule has 1 heterocycles. The predicted molar refractivity (Wildman–Crippen MR) is 67.8 cm³/mol. The Labute approximate surface area is 114 Å². The number of anilines is 1. The maximum absolute atomic E-state index is 12.6. The van der Waals surface area contributed by atoms with Crippen LogP contribution in [-0.2, 0) is 0 Å². The van der Waals surface area contributed by atoms with Crippen LogP contribution in [-0.4, -0.2) is 40.3 Å². The standard InChI is InChI=1S/C11H16F3N5O/c1-3-4-19(6-11(12,13)14)10-16-7(2)5-8(17-10)9(15)18-20/h5,20H,3-4,6H2,1-2H3,(H2,15,18). The average molecular weight is 291 g/mol. The fourth-order valence-corrected chi connectivity index (χ4v) is 1.61. The Kier molecular flexibility index (Phi) is 5.12. The second kappa shape index (κ2) is 6.40. The third-order valence-corrected chi connectivity index (χ3v) is 2.36. The van der Waals surface area contributed by atoms with E-state index in [2.05, 4.69) is 15.1 Å². The van der Waals surface area contributed by atoms with Gasteiger partial charge in [-0.05, 0) is 19.4 Å². The summed E-state index contributed by atoms with van der Waals surface area (Å²) in [5.74, 6) is -0.369. The van der Waals surface area contributed by atoms with Gasteiger partial charge in [-0.1, -0.05) is 12.1 Å². The van der Waals surface area contributed by atoms with Crippen molar-refractivity contribution >= 4 is 11.8 Å². The fraction of sp³-hybridized carbons (Fsp3) is 0.545. The van der Waals surface area contributed by atoms with Gasteiger partial charge in [0.15, 0.2) is 5.84 Å². The maximum atomic E-state index is 12.6. The van der Waals surface area contributed by atoms with Gasteiger partial charge in [0.2, 0.25) is 5.95 Å². The molecule has 0 unspecified atom stereocenters. The molecule has 1 rings (SSSR count).